The van der Waals surface area contributed by atoms with Crippen molar-refractivity contribution in [3.8, 4) is 0 Å². The first-order valence-corrected chi connectivity index (χ1v) is 12.4. The number of anilines is 1. The number of nitrogens with zero attached hydrogens (tertiary/aromatic N) is 2. The summed E-state index contributed by atoms with van der Waals surface area (Å²) in [5.74, 6) is -0.623. The van der Waals surface area contributed by atoms with Crippen LogP contribution in [0.2, 0.25) is 0 Å². The normalized spacial score (nSPS) is 28.6. The third-order valence-corrected chi connectivity index (χ3v) is 8.23. The Morgan fingerprint density at radius 2 is 1.63 bits per heavy atom. The van der Waals surface area contributed by atoms with E-state index >= 15 is 0 Å². The van der Waals surface area contributed by atoms with Gasteiger partial charge in [-0.15, -0.1) is 0 Å². The molecule has 0 aromatic heterocycles. The predicted octanol–water partition coefficient (Wildman–Crippen LogP) is 3.78. The molecule has 0 bridgehead atoms. The van der Waals surface area contributed by atoms with Crippen molar-refractivity contribution in [2.45, 2.75) is 56.4 Å². The van der Waals surface area contributed by atoms with Gasteiger partial charge in [0.1, 0.15) is 11.4 Å². The van der Waals surface area contributed by atoms with Gasteiger partial charge in [-0.05, 0) is 54.7 Å². The van der Waals surface area contributed by atoms with Crippen LogP contribution < -0.4 is 4.90 Å². The van der Waals surface area contributed by atoms with Crippen molar-refractivity contribution < 1.29 is 19.8 Å². The number of aliphatic hydroxyl groups is 2. The Labute approximate surface area is 204 Å². The van der Waals surface area contributed by atoms with Crippen molar-refractivity contribution in [2.24, 2.45) is 0 Å². The van der Waals surface area contributed by atoms with Crippen molar-refractivity contribution in [1.82, 2.24) is 4.90 Å². The van der Waals surface area contributed by atoms with E-state index in [9.17, 15) is 19.8 Å². The second-order valence-corrected chi connectivity index (χ2v) is 10.5. The van der Waals surface area contributed by atoms with Gasteiger partial charge in [0.2, 0.25) is 0 Å². The van der Waals surface area contributed by atoms with Crippen LogP contribution in [0, 0.1) is 0 Å². The van der Waals surface area contributed by atoms with Crippen LogP contribution in [0.5, 0.6) is 0 Å². The molecule has 1 aliphatic carbocycles. The molecule has 1 unspecified atom stereocenters. The molecule has 1 amide bonds. The number of carbonyl (C=O) groups is 2. The first-order chi connectivity index (χ1) is 16.7. The topological polar surface area (TPSA) is 81.1 Å². The number of hydrogen-bond acceptors (Lipinski definition) is 5. The van der Waals surface area contributed by atoms with Gasteiger partial charge in [-0.1, -0.05) is 54.6 Å². The van der Waals surface area contributed by atoms with E-state index in [1.807, 2.05) is 31.2 Å². The van der Waals surface area contributed by atoms with E-state index < -0.39 is 17.1 Å². The number of benzene rings is 3. The van der Waals surface area contributed by atoms with Gasteiger partial charge in [-0.3, -0.25) is 14.5 Å². The molecule has 6 rings (SSSR count). The van der Waals surface area contributed by atoms with Gasteiger partial charge < -0.3 is 15.1 Å². The molecule has 2 heterocycles. The van der Waals surface area contributed by atoms with Crippen molar-refractivity contribution >= 4 is 28.2 Å². The summed E-state index contributed by atoms with van der Waals surface area (Å²) in [5.41, 5.74) is 0.531. The fraction of sp³-hybridized carbons (Fsp3) is 0.379. The van der Waals surface area contributed by atoms with Crippen LogP contribution in [0.1, 0.15) is 55.8 Å². The molecule has 1 saturated heterocycles. The van der Waals surface area contributed by atoms with E-state index in [1.54, 1.807) is 17.0 Å². The largest absolute Gasteiger partial charge is 0.383 e. The second kappa shape index (κ2) is 7.72. The molecule has 3 aliphatic rings. The highest BCUT2D eigenvalue weighted by molar-refractivity contribution is 6.09. The highest BCUT2D eigenvalue weighted by atomic mass is 16.3. The predicted molar refractivity (Wildman–Crippen MR) is 134 cm³/mol. The number of hydrogen-bond donors (Lipinski definition) is 2. The van der Waals surface area contributed by atoms with E-state index in [4.69, 9.17) is 0 Å². The number of Topliss-reactive ketones (excluding diaryl/α,β-unsaturated/α-hetero) is 1. The molecule has 35 heavy (non-hydrogen) atoms. The van der Waals surface area contributed by atoms with Crippen molar-refractivity contribution in [3.63, 3.8) is 0 Å². The van der Waals surface area contributed by atoms with Crippen LogP contribution in [0.3, 0.4) is 0 Å². The molecule has 0 radical (unpaired) electrons. The highest BCUT2D eigenvalue weighted by Gasteiger charge is 2.53. The van der Waals surface area contributed by atoms with E-state index in [0.29, 0.717) is 24.3 Å². The van der Waals surface area contributed by atoms with Crippen LogP contribution in [0.4, 0.5) is 5.69 Å². The molecule has 1 fully saturated rings. The lowest BCUT2D eigenvalue weighted by Gasteiger charge is -2.43. The fourth-order valence-corrected chi connectivity index (χ4v) is 6.78. The summed E-state index contributed by atoms with van der Waals surface area (Å²) < 4.78 is 0. The lowest BCUT2D eigenvalue weighted by molar-refractivity contribution is -0.141. The number of amides is 1. The Morgan fingerprint density at radius 3 is 2.34 bits per heavy atom. The maximum Gasteiger partial charge on any atom is 0.264 e. The lowest BCUT2D eigenvalue weighted by Crippen LogP contribution is -2.52. The lowest BCUT2D eigenvalue weighted by atomic mass is 9.89. The number of rotatable bonds is 4. The molecule has 0 spiro atoms. The first kappa shape index (κ1) is 22.4. The smallest absolute Gasteiger partial charge is 0.264 e. The molecule has 6 heteroatoms. The Bertz CT molecular complexity index is 1350. The summed E-state index contributed by atoms with van der Waals surface area (Å²) in [6.45, 7) is 4.74. The fourth-order valence-electron chi connectivity index (χ4n) is 6.78. The average molecular weight is 471 g/mol. The monoisotopic (exact) mass is 470 g/mol. The Balaban J connectivity index is 1.28. The summed E-state index contributed by atoms with van der Waals surface area (Å²) in [7, 11) is 0. The number of ketones is 1. The molecule has 2 aliphatic heterocycles. The summed E-state index contributed by atoms with van der Waals surface area (Å²) in [6, 6.07) is 19.4. The molecule has 3 aromatic carbocycles. The molecule has 3 aromatic rings. The molecular formula is C29H30N2O4. The number of fused-ring (bicyclic) bond motifs is 1. The third kappa shape index (κ3) is 3.13. The molecule has 180 valence electrons. The summed E-state index contributed by atoms with van der Waals surface area (Å²) in [5, 5.41) is 25.3. The Hall–Kier alpha value is -3.06. The van der Waals surface area contributed by atoms with Gasteiger partial charge in [0, 0.05) is 31.1 Å². The second-order valence-electron chi connectivity index (χ2n) is 10.5. The number of carbonyl (C=O) groups excluding carboxylic acids is 2. The van der Waals surface area contributed by atoms with Crippen LogP contribution in [0.25, 0.3) is 10.8 Å². The van der Waals surface area contributed by atoms with Crippen LogP contribution in [-0.2, 0) is 20.8 Å². The van der Waals surface area contributed by atoms with Crippen molar-refractivity contribution in [2.75, 3.05) is 18.0 Å². The molecule has 2 N–H and O–H groups in total. The van der Waals surface area contributed by atoms with Gasteiger partial charge in [0.05, 0.1) is 11.7 Å². The molecule has 3 atom stereocenters. The maximum atomic E-state index is 13.5. The zero-order valence-electron chi connectivity index (χ0n) is 20.1. The average Bonchev–Trinajstić information content (AvgIpc) is 3.20. The standard InChI is InChI=1S/C29H30N2O4/c1-18(32)17-29(35)22-10-3-4-12-24(22)31(27(29)33)20-13-15-30(16-14-20)26-21-9-5-7-19-8-6-11-23(25(19)21)28(26,2)34/h3-12,20,26,34-35H,13-17H2,1-2H3/t26-,28-,29?/m0/s1. The van der Waals surface area contributed by atoms with E-state index in [2.05, 4.69) is 29.2 Å². The van der Waals surface area contributed by atoms with E-state index in [-0.39, 0.29) is 24.3 Å². The van der Waals surface area contributed by atoms with Crippen LogP contribution in [0.15, 0.2) is 60.7 Å². The SMILES string of the molecule is CC(=O)CC1(O)C(=O)N(C2CCN([C@H]3c4cccc5cccc(c45)[C@]3(C)O)CC2)c2ccccc21. The minimum atomic E-state index is -1.80. The summed E-state index contributed by atoms with van der Waals surface area (Å²) in [6.07, 6.45) is 1.22. The maximum absolute atomic E-state index is 13.5. The Morgan fingerprint density at radius 1 is 0.971 bits per heavy atom. The quantitative estimate of drug-likeness (QED) is 0.607. The van der Waals surface area contributed by atoms with E-state index in [1.165, 1.54) is 6.92 Å². The van der Waals surface area contributed by atoms with Crippen LogP contribution in [-0.4, -0.2) is 45.9 Å². The van der Waals surface area contributed by atoms with Crippen molar-refractivity contribution in [3.05, 3.63) is 77.4 Å². The zero-order valence-corrected chi connectivity index (χ0v) is 20.1. The van der Waals surface area contributed by atoms with Crippen molar-refractivity contribution in [1.29, 1.82) is 0 Å². The zero-order chi connectivity index (χ0) is 24.5. The van der Waals surface area contributed by atoms with Gasteiger partial charge in [-0.25, -0.2) is 0 Å². The minimum absolute atomic E-state index is 0.0783. The third-order valence-electron chi connectivity index (χ3n) is 8.23. The van der Waals surface area contributed by atoms with E-state index in [0.717, 1.165) is 34.7 Å². The molecule has 0 saturated carbocycles. The minimum Gasteiger partial charge on any atom is -0.383 e. The van der Waals surface area contributed by atoms with Gasteiger partial charge in [-0.2, -0.15) is 0 Å². The van der Waals surface area contributed by atoms with Crippen LogP contribution >= 0.6 is 0 Å². The van der Waals surface area contributed by atoms with Gasteiger partial charge in [0.25, 0.3) is 5.91 Å². The number of likely N-dealkylation sites (tertiary alicyclic amines) is 1. The van der Waals surface area contributed by atoms with Gasteiger partial charge in [0.15, 0.2) is 5.60 Å². The highest BCUT2D eigenvalue weighted by Crippen LogP contribution is 2.52. The Kier molecular flexibility index (Phi) is 4.94. The van der Waals surface area contributed by atoms with Gasteiger partial charge >= 0.3 is 0 Å². The molecule has 6 nitrogen and oxygen atoms in total. The molecular weight excluding hydrogens is 440 g/mol. The first-order valence-electron chi connectivity index (χ1n) is 12.4. The number of piperidine rings is 1. The number of para-hydroxylation sites is 1. The summed E-state index contributed by atoms with van der Waals surface area (Å²) >= 11 is 0. The summed E-state index contributed by atoms with van der Waals surface area (Å²) in [4.78, 5) is 29.5.